The number of ether oxygens (including phenoxy) is 1. The molecular weight excluding hydrogens is 300 g/mol. The van der Waals surface area contributed by atoms with Gasteiger partial charge in [-0.3, -0.25) is 9.69 Å². The lowest BCUT2D eigenvalue weighted by atomic mass is 9.93. The molecule has 1 aromatic rings. The van der Waals surface area contributed by atoms with Gasteiger partial charge in [0.15, 0.2) is 0 Å². The number of carbonyl (C=O) groups excluding carboxylic acids is 1. The molecule has 0 unspecified atom stereocenters. The van der Waals surface area contributed by atoms with Crippen LogP contribution in [0.25, 0.3) is 0 Å². The molecule has 3 rings (SSSR count). The fourth-order valence-electron chi connectivity index (χ4n) is 4.19. The zero-order chi connectivity index (χ0) is 16.9. The monoisotopic (exact) mass is 330 g/mol. The Kier molecular flexibility index (Phi) is 5.90. The molecule has 4 heteroatoms. The Balaban J connectivity index is 1.55. The van der Waals surface area contributed by atoms with Crippen molar-refractivity contribution < 1.29 is 9.53 Å². The summed E-state index contributed by atoms with van der Waals surface area (Å²) in [6.45, 7) is 6.62. The maximum absolute atomic E-state index is 12.7. The summed E-state index contributed by atoms with van der Waals surface area (Å²) >= 11 is 0. The third-order valence-electron chi connectivity index (χ3n) is 5.28. The van der Waals surface area contributed by atoms with E-state index in [0.717, 1.165) is 25.8 Å². The molecule has 0 saturated carbocycles. The van der Waals surface area contributed by atoms with Gasteiger partial charge in [0.25, 0.3) is 0 Å². The second-order valence-electron chi connectivity index (χ2n) is 7.28. The maximum Gasteiger partial charge on any atom is 0.224 e. The van der Waals surface area contributed by atoms with Crippen LogP contribution in [0.1, 0.15) is 51.1 Å². The van der Waals surface area contributed by atoms with Crippen LogP contribution in [0.15, 0.2) is 30.3 Å². The summed E-state index contributed by atoms with van der Waals surface area (Å²) in [6, 6.07) is 11.5. The molecule has 1 amide bonds. The van der Waals surface area contributed by atoms with Crippen LogP contribution in [0.4, 0.5) is 0 Å². The number of amides is 1. The van der Waals surface area contributed by atoms with Crippen molar-refractivity contribution in [3.63, 3.8) is 0 Å². The van der Waals surface area contributed by atoms with Crippen LogP contribution in [-0.2, 0) is 9.53 Å². The van der Waals surface area contributed by atoms with Gasteiger partial charge < -0.3 is 10.1 Å². The number of nitrogens with zero attached hydrogens (tertiary/aromatic N) is 1. The van der Waals surface area contributed by atoms with Crippen LogP contribution in [0.2, 0.25) is 0 Å². The molecule has 0 spiro atoms. The highest BCUT2D eigenvalue weighted by atomic mass is 16.5. The van der Waals surface area contributed by atoms with Crippen molar-refractivity contribution in [3.8, 4) is 0 Å². The van der Waals surface area contributed by atoms with Gasteiger partial charge in [-0.1, -0.05) is 30.3 Å². The van der Waals surface area contributed by atoms with Gasteiger partial charge in [0, 0.05) is 25.2 Å². The summed E-state index contributed by atoms with van der Waals surface area (Å²) in [6.07, 6.45) is 4.45. The van der Waals surface area contributed by atoms with E-state index in [4.69, 9.17) is 4.74 Å². The highest BCUT2D eigenvalue weighted by Gasteiger charge is 2.46. The van der Waals surface area contributed by atoms with Crippen molar-refractivity contribution in [2.75, 3.05) is 19.7 Å². The normalized spacial score (nSPS) is 26.7. The number of hydrogen-bond acceptors (Lipinski definition) is 3. The predicted octanol–water partition coefficient (Wildman–Crippen LogP) is 3.14. The quantitative estimate of drug-likeness (QED) is 0.781. The topological polar surface area (TPSA) is 41.6 Å². The van der Waals surface area contributed by atoms with Crippen molar-refractivity contribution in [3.05, 3.63) is 35.9 Å². The fraction of sp³-hybridized carbons (Fsp3) is 0.650. The molecule has 0 aliphatic carbocycles. The maximum atomic E-state index is 12.7. The zero-order valence-corrected chi connectivity index (χ0v) is 14.9. The van der Waals surface area contributed by atoms with E-state index in [1.54, 1.807) is 0 Å². The SMILES string of the molecule is CC(C)OCCCNC(=O)[C@H]1C[C@@H](c2ccccc2)N2CCC[C@H]12. The highest BCUT2D eigenvalue weighted by Crippen LogP contribution is 2.44. The second-order valence-corrected chi connectivity index (χ2v) is 7.28. The zero-order valence-electron chi connectivity index (χ0n) is 14.9. The van der Waals surface area contributed by atoms with Crippen molar-refractivity contribution in [2.45, 2.75) is 57.7 Å². The standard InChI is InChI=1S/C20H30N2O2/c1-15(2)24-13-7-11-21-20(23)17-14-19(16-8-4-3-5-9-16)22-12-6-10-18(17)22/h3-5,8-9,15,17-19H,6-7,10-14H2,1-2H3,(H,21,23)/t17-,18+,19-/m0/s1. The van der Waals surface area contributed by atoms with Crippen LogP contribution in [0.3, 0.4) is 0 Å². The molecule has 2 aliphatic rings. The first-order valence-electron chi connectivity index (χ1n) is 9.37. The Bertz CT molecular complexity index is 532. The van der Waals surface area contributed by atoms with Gasteiger partial charge in [0.2, 0.25) is 5.91 Å². The van der Waals surface area contributed by atoms with Gasteiger partial charge >= 0.3 is 0 Å². The minimum atomic E-state index is 0.128. The van der Waals surface area contributed by atoms with Crippen molar-refractivity contribution in [1.29, 1.82) is 0 Å². The van der Waals surface area contributed by atoms with Gasteiger partial charge in [-0.25, -0.2) is 0 Å². The van der Waals surface area contributed by atoms with Crippen molar-refractivity contribution >= 4 is 5.91 Å². The third-order valence-corrected chi connectivity index (χ3v) is 5.28. The molecule has 0 bridgehead atoms. The van der Waals surface area contributed by atoms with E-state index in [-0.39, 0.29) is 17.9 Å². The summed E-state index contributed by atoms with van der Waals surface area (Å²) < 4.78 is 5.53. The van der Waals surface area contributed by atoms with Crippen LogP contribution in [-0.4, -0.2) is 42.6 Å². The molecule has 1 aromatic carbocycles. The first-order chi connectivity index (χ1) is 11.7. The van der Waals surface area contributed by atoms with Crippen LogP contribution >= 0.6 is 0 Å². The number of carbonyl (C=O) groups is 1. The summed E-state index contributed by atoms with van der Waals surface area (Å²) in [7, 11) is 0. The molecule has 2 heterocycles. The van der Waals surface area contributed by atoms with E-state index in [9.17, 15) is 4.79 Å². The summed E-state index contributed by atoms with van der Waals surface area (Å²) in [5, 5.41) is 3.14. The Morgan fingerprint density at radius 1 is 1.33 bits per heavy atom. The van der Waals surface area contributed by atoms with Crippen molar-refractivity contribution in [1.82, 2.24) is 10.2 Å². The van der Waals surface area contributed by atoms with E-state index in [0.29, 0.717) is 25.2 Å². The van der Waals surface area contributed by atoms with Gasteiger partial charge in [-0.15, -0.1) is 0 Å². The molecule has 3 atom stereocenters. The van der Waals surface area contributed by atoms with Gasteiger partial charge in [-0.05, 0) is 51.6 Å². The van der Waals surface area contributed by atoms with E-state index in [2.05, 4.69) is 40.5 Å². The first kappa shape index (κ1) is 17.4. The Morgan fingerprint density at radius 3 is 2.88 bits per heavy atom. The average molecular weight is 330 g/mol. The lowest BCUT2D eigenvalue weighted by Crippen LogP contribution is -2.38. The minimum Gasteiger partial charge on any atom is -0.379 e. The van der Waals surface area contributed by atoms with Crippen LogP contribution < -0.4 is 5.32 Å². The molecule has 4 nitrogen and oxygen atoms in total. The van der Waals surface area contributed by atoms with Gasteiger partial charge in [-0.2, -0.15) is 0 Å². The van der Waals surface area contributed by atoms with Gasteiger partial charge in [0.05, 0.1) is 12.0 Å². The summed E-state index contributed by atoms with van der Waals surface area (Å²) in [5.74, 6) is 0.360. The summed E-state index contributed by atoms with van der Waals surface area (Å²) in [4.78, 5) is 15.2. The fourth-order valence-corrected chi connectivity index (χ4v) is 4.19. The van der Waals surface area contributed by atoms with E-state index in [1.165, 1.54) is 12.0 Å². The number of hydrogen-bond donors (Lipinski definition) is 1. The van der Waals surface area contributed by atoms with Crippen molar-refractivity contribution in [2.24, 2.45) is 5.92 Å². The Morgan fingerprint density at radius 2 is 2.12 bits per heavy atom. The number of nitrogens with one attached hydrogen (secondary N) is 1. The molecule has 1 N–H and O–H groups in total. The second kappa shape index (κ2) is 8.13. The molecule has 0 aromatic heterocycles. The van der Waals surface area contributed by atoms with E-state index >= 15 is 0 Å². The molecule has 2 fully saturated rings. The van der Waals surface area contributed by atoms with E-state index < -0.39 is 0 Å². The number of rotatable bonds is 7. The lowest BCUT2D eigenvalue weighted by Gasteiger charge is -2.24. The molecule has 2 saturated heterocycles. The lowest BCUT2D eigenvalue weighted by molar-refractivity contribution is -0.125. The molecular formula is C20H30N2O2. The number of fused-ring (bicyclic) bond motifs is 1. The smallest absolute Gasteiger partial charge is 0.224 e. The Labute approximate surface area is 145 Å². The number of benzene rings is 1. The average Bonchev–Trinajstić information content (AvgIpc) is 3.17. The van der Waals surface area contributed by atoms with E-state index in [1.807, 2.05) is 13.8 Å². The molecule has 2 aliphatic heterocycles. The Hall–Kier alpha value is -1.39. The third kappa shape index (κ3) is 3.98. The van der Waals surface area contributed by atoms with Crippen LogP contribution in [0.5, 0.6) is 0 Å². The first-order valence-corrected chi connectivity index (χ1v) is 9.37. The minimum absolute atomic E-state index is 0.128. The van der Waals surface area contributed by atoms with Gasteiger partial charge in [0.1, 0.15) is 0 Å². The highest BCUT2D eigenvalue weighted by molar-refractivity contribution is 5.80. The van der Waals surface area contributed by atoms with Crippen LogP contribution in [0, 0.1) is 5.92 Å². The predicted molar refractivity (Wildman–Crippen MR) is 95.7 cm³/mol. The molecule has 24 heavy (non-hydrogen) atoms. The molecule has 0 radical (unpaired) electrons. The largest absolute Gasteiger partial charge is 0.379 e. The summed E-state index contributed by atoms with van der Waals surface area (Å²) in [5.41, 5.74) is 1.35. The molecule has 132 valence electrons.